The lowest BCUT2D eigenvalue weighted by Crippen LogP contribution is -2.30. The molecule has 1 aliphatic carbocycles. The third kappa shape index (κ3) is 3.19. The number of rotatable bonds is 7. The van der Waals surface area contributed by atoms with Gasteiger partial charge in [-0.15, -0.1) is 0 Å². The lowest BCUT2D eigenvalue weighted by Gasteiger charge is -2.28. The van der Waals surface area contributed by atoms with Gasteiger partial charge in [0.05, 0.1) is 19.8 Å². The van der Waals surface area contributed by atoms with E-state index in [1.807, 2.05) is 12.1 Å². The van der Waals surface area contributed by atoms with Crippen LogP contribution >= 0.6 is 0 Å². The molecule has 4 heteroatoms. The van der Waals surface area contributed by atoms with E-state index < -0.39 is 6.10 Å². The molecule has 0 aromatic heterocycles. The molecule has 0 bridgehead atoms. The van der Waals surface area contributed by atoms with E-state index in [0.717, 1.165) is 23.5 Å². The van der Waals surface area contributed by atoms with Crippen LogP contribution in [0.1, 0.15) is 31.4 Å². The molecule has 0 amide bonds. The number of methoxy groups -OCH3 is 2. The van der Waals surface area contributed by atoms with E-state index in [2.05, 4.69) is 11.0 Å². The fraction of sp³-hybridized carbons (Fsp3) is 0.600. The molecule has 1 saturated carbocycles. The van der Waals surface area contributed by atoms with Crippen molar-refractivity contribution in [2.45, 2.75) is 31.9 Å². The lowest BCUT2D eigenvalue weighted by atomic mass is 10.1. The van der Waals surface area contributed by atoms with Crippen molar-refractivity contribution in [2.24, 2.45) is 0 Å². The summed E-state index contributed by atoms with van der Waals surface area (Å²) in [5.41, 5.74) is 1.93. The van der Waals surface area contributed by atoms with Crippen LogP contribution in [0.25, 0.3) is 0 Å². The maximum absolute atomic E-state index is 10.1. The Morgan fingerprint density at radius 2 is 2.11 bits per heavy atom. The third-order valence-corrected chi connectivity index (χ3v) is 3.51. The third-order valence-electron chi connectivity index (χ3n) is 3.51. The fourth-order valence-corrected chi connectivity index (χ4v) is 2.46. The second-order valence-corrected chi connectivity index (χ2v) is 4.99. The zero-order valence-electron chi connectivity index (χ0n) is 11.9. The maximum atomic E-state index is 10.1. The minimum atomic E-state index is -0.546. The first-order valence-electron chi connectivity index (χ1n) is 6.79. The summed E-state index contributed by atoms with van der Waals surface area (Å²) >= 11 is 0. The zero-order valence-corrected chi connectivity index (χ0v) is 11.9. The van der Waals surface area contributed by atoms with Crippen LogP contribution in [0, 0.1) is 0 Å². The smallest absolute Gasteiger partial charge is 0.126 e. The highest BCUT2D eigenvalue weighted by Crippen LogP contribution is 2.39. The molecule has 1 aromatic carbocycles. The molecule has 1 fully saturated rings. The Balaban J connectivity index is 2.34. The normalized spacial score (nSPS) is 16.2. The summed E-state index contributed by atoms with van der Waals surface area (Å²) in [6, 6.07) is 6.49. The minimum Gasteiger partial charge on any atom is -0.496 e. The van der Waals surface area contributed by atoms with Gasteiger partial charge in [-0.3, -0.25) is 0 Å². The molecular formula is C15H23NO3. The number of aliphatic hydroxyl groups is 1. The average molecular weight is 265 g/mol. The molecule has 1 aromatic rings. The number of hydrogen-bond acceptors (Lipinski definition) is 4. The molecule has 1 aliphatic rings. The topological polar surface area (TPSA) is 41.9 Å². The molecule has 0 aliphatic heterocycles. The molecule has 1 N–H and O–H groups in total. The largest absolute Gasteiger partial charge is 0.496 e. The molecule has 4 nitrogen and oxygen atoms in total. The van der Waals surface area contributed by atoms with Crippen LogP contribution in [0.15, 0.2) is 18.2 Å². The van der Waals surface area contributed by atoms with Gasteiger partial charge in [0.25, 0.3) is 0 Å². The molecule has 0 heterocycles. The Morgan fingerprint density at radius 3 is 2.63 bits per heavy atom. The molecular weight excluding hydrogens is 242 g/mol. The van der Waals surface area contributed by atoms with Crippen molar-refractivity contribution in [3.05, 3.63) is 23.8 Å². The molecule has 0 radical (unpaired) electrons. The first-order valence-corrected chi connectivity index (χ1v) is 6.79. The van der Waals surface area contributed by atoms with E-state index in [0.29, 0.717) is 12.6 Å². The molecule has 106 valence electrons. The van der Waals surface area contributed by atoms with Crippen molar-refractivity contribution in [1.29, 1.82) is 0 Å². The van der Waals surface area contributed by atoms with Gasteiger partial charge >= 0.3 is 0 Å². The SMILES string of the molecule is COCCN(c1cccc(OC)c1C(C)O)C1CC1. The molecule has 0 spiro atoms. The average Bonchev–Trinajstić information content (AvgIpc) is 3.23. The van der Waals surface area contributed by atoms with Crippen LogP contribution in [0.3, 0.4) is 0 Å². The number of nitrogens with zero attached hydrogens (tertiary/aromatic N) is 1. The van der Waals surface area contributed by atoms with E-state index in [4.69, 9.17) is 9.47 Å². The Kier molecular flexibility index (Phi) is 4.66. The van der Waals surface area contributed by atoms with Crippen molar-refractivity contribution < 1.29 is 14.6 Å². The molecule has 0 saturated heterocycles. The van der Waals surface area contributed by atoms with Crippen molar-refractivity contribution in [1.82, 2.24) is 0 Å². The van der Waals surface area contributed by atoms with Gasteiger partial charge in [-0.2, -0.15) is 0 Å². The van der Waals surface area contributed by atoms with E-state index in [1.54, 1.807) is 21.1 Å². The number of aliphatic hydroxyl groups excluding tert-OH is 1. The zero-order chi connectivity index (χ0) is 13.8. The highest BCUT2D eigenvalue weighted by atomic mass is 16.5. The summed E-state index contributed by atoms with van der Waals surface area (Å²) in [6.07, 6.45) is 1.87. The van der Waals surface area contributed by atoms with Crippen molar-refractivity contribution in [2.75, 3.05) is 32.3 Å². The van der Waals surface area contributed by atoms with Gasteiger partial charge < -0.3 is 19.5 Å². The second-order valence-electron chi connectivity index (χ2n) is 4.99. The van der Waals surface area contributed by atoms with Gasteiger partial charge in [0, 0.05) is 30.9 Å². The van der Waals surface area contributed by atoms with Crippen molar-refractivity contribution in [3.8, 4) is 5.75 Å². The quantitative estimate of drug-likeness (QED) is 0.822. The summed E-state index contributed by atoms with van der Waals surface area (Å²) in [4.78, 5) is 2.33. The summed E-state index contributed by atoms with van der Waals surface area (Å²) in [7, 11) is 3.36. The molecule has 1 unspecified atom stereocenters. The van der Waals surface area contributed by atoms with E-state index in [-0.39, 0.29) is 0 Å². The predicted octanol–water partition coefficient (Wildman–Crippen LogP) is 2.36. The monoisotopic (exact) mass is 265 g/mol. The fourth-order valence-electron chi connectivity index (χ4n) is 2.46. The van der Waals surface area contributed by atoms with Crippen LogP contribution in [0.5, 0.6) is 5.75 Å². The van der Waals surface area contributed by atoms with E-state index in [9.17, 15) is 5.11 Å². The Hall–Kier alpha value is -1.26. The first-order chi connectivity index (χ1) is 9.19. The van der Waals surface area contributed by atoms with Gasteiger partial charge in [-0.1, -0.05) is 6.07 Å². The standard InChI is InChI=1S/C15H23NO3/c1-11(17)15-13(5-4-6-14(15)19-3)16(9-10-18-2)12-7-8-12/h4-6,11-12,17H,7-10H2,1-3H3. The van der Waals surface area contributed by atoms with Gasteiger partial charge in [0.15, 0.2) is 0 Å². The summed E-state index contributed by atoms with van der Waals surface area (Å²) in [5.74, 6) is 0.746. The van der Waals surface area contributed by atoms with E-state index >= 15 is 0 Å². The van der Waals surface area contributed by atoms with Crippen LogP contribution in [-0.2, 0) is 4.74 Å². The number of anilines is 1. The Morgan fingerprint density at radius 1 is 1.37 bits per heavy atom. The van der Waals surface area contributed by atoms with Crippen molar-refractivity contribution in [3.63, 3.8) is 0 Å². The summed E-state index contributed by atoms with van der Waals surface area (Å²) in [6.45, 7) is 3.31. The minimum absolute atomic E-state index is 0.546. The highest BCUT2D eigenvalue weighted by Gasteiger charge is 2.31. The summed E-state index contributed by atoms with van der Waals surface area (Å²) in [5, 5.41) is 10.1. The van der Waals surface area contributed by atoms with Gasteiger partial charge in [-0.25, -0.2) is 0 Å². The molecule has 19 heavy (non-hydrogen) atoms. The van der Waals surface area contributed by atoms with Crippen LogP contribution in [-0.4, -0.2) is 38.5 Å². The van der Waals surface area contributed by atoms with Crippen LogP contribution < -0.4 is 9.64 Å². The Bertz CT molecular complexity index is 416. The second kappa shape index (κ2) is 6.26. The Labute approximate surface area is 114 Å². The number of hydrogen-bond donors (Lipinski definition) is 1. The number of benzene rings is 1. The van der Waals surface area contributed by atoms with Gasteiger partial charge in [0.1, 0.15) is 5.75 Å². The lowest BCUT2D eigenvalue weighted by molar-refractivity contribution is 0.193. The predicted molar refractivity (Wildman–Crippen MR) is 75.9 cm³/mol. The van der Waals surface area contributed by atoms with Crippen LogP contribution in [0.4, 0.5) is 5.69 Å². The first kappa shape index (κ1) is 14.2. The molecule has 2 rings (SSSR count). The highest BCUT2D eigenvalue weighted by molar-refractivity contribution is 5.61. The maximum Gasteiger partial charge on any atom is 0.126 e. The van der Waals surface area contributed by atoms with E-state index in [1.165, 1.54) is 12.8 Å². The van der Waals surface area contributed by atoms with Crippen LogP contribution in [0.2, 0.25) is 0 Å². The van der Waals surface area contributed by atoms with Crippen molar-refractivity contribution >= 4 is 5.69 Å². The molecule has 1 atom stereocenters. The number of ether oxygens (including phenoxy) is 2. The summed E-state index contributed by atoms with van der Waals surface area (Å²) < 4.78 is 10.6. The van der Waals surface area contributed by atoms with Gasteiger partial charge in [0.2, 0.25) is 0 Å². The van der Waals surface area contributed by atoms with Gasteiger partial charge in [-0.05, 0) is 31.9 Å².